The fourth-order valence-electron chi connectivity index (χ4n) is 3.09. The number of hydrogen-bond donors (Lipinski definition) is 2. The van der Waals surface area contributed by atoms with Gasteiger partial charge in [-0.1, -0.05) is 6.07 Å². The van der Waals surface area contributed by atoms with Crippen molar-refractivity contribution < 1.29 is 19.1 Å². The van der Waals surface area contributed by atoms with Gasteiger partial charge in [0.25, 0.3) is 5.91 Å². The molecule has 0 saturated heterocycles. The Morgan fingerprint density at radius 1 is 1.10 bits per heavy atom. The molecular weight excluding hydrogens is 386 g/mol. The highest BCUT2D eigenvalue weighted by atomic mass is 16.7. The smallest absolute Gasteiger partial charge is 0.271 e. The summed E-state index contributed by atoms with van der Waals surface area (Å²) in [6.45, 7) is 0.556. The summed E-state index contributed by atoms with van der Waals surface area (Å²) >= 11 is 0. The Bertz CT molecular complexity index is 1100. The molecule has 1 aliphatic heterocycles. The van der Waals surface area contributed by atoms with Crippen LogP contribution in [0.15, 0.2) is 49.1 Å². The average Bonchev–Trinajstić information content (AvgIpc) is 3.32. The fourth-order valence-corrected chi connectivity index (χ4v) is 3.09. The minimum atomic E-state index is -0.292. The lowest BCUT2D eigenvalue weighted by Gasteiger charge is -2.06. The van der Waals surface area contributed by atoms with Crippen molar-refractivity contribution in [3.05, 3.63) is 60.3 Å². The van der Waals surface area contributed by atoms with Crippen LogP contribution in [-0.4, -0.2) is 33.1 Å². The molecule has 5 rings (SSSR count). The number of aromatic nitrogens is 3. The molecule has 0 atom stereocenters. The van der Waals surface area contributed by atoms with Crippen molar-refractivity contribution in [1.29, 1.82) is 0 Å². The van der Waals surface area contributed by atoms with Crippen LogP contribution in [-0.2, 0) is 11.3 Å². The monoisotopic (exact) mass is 405 g/mol. The van der Waals surface area contributed by atoms with Crippen LogP contribution in [0.1, 0.15) is 28.9 Å². The van der Waals surface area contributed by atoms with E-state index in [1.165, 1.54) is 6.33 Å². The molecule has 1 aromatic carbocycles. The maximum Gasteiger partial charge on any atom is 0.271 e. The second-order valence-electron chi connectivity index (χ2n) is 7.21. The van der Waals surface area contributed by atoms with E-state index in [0.29, 0.717) is 29.5 Å². The Labute approximate surface area is 172 Å². The molecule has 3 heterocycles. The molecule has 2 aliphatic rings. The zero-order valence-electron chi connectivity index (χ0n) is 16.0. The van der Waals surface area contributed by atoms with E-state index >= 15 is 0 Å². The van der Waals surface area contributed by atoms with Crippen molar-refractivity contribution in [1.82, 2.24) is 19.9 Å². The minimum Gasteiger partial charge on any atom is -0.454 e. The second-order valence-corrected chi connectivity index (χ2v) is 7.21. The highest BCUT2D eigenvalue weighted by molar-refractivity contribution is 5.94. The van der Waals surface area contributed by atoms with Gasteiger partial charge in [-0.3, -0.25) is 14.2 Å². The molecule has 152 valence electrons. The first-order valence-corrected chi connectivity index (χ1v) is 9.64. The first-order valence-electron chi connectivity index (χ1n) is 9.64. The number of fused-ring (bicyclic) bond motifs is 1. The van der Waals surface area contributed by atoms with Crippen molar-refractivity contribution in [3.63, 3.8) is 0 Å². The normalized spacial score (nSPS) is 14.4. The molecule has 9 heteroatoms. The van der Waals surface area contributed by atoms with E-state index in [0.717, 1.165) is 18.4 Å². The first-order chi connectivity index (χ1) is 14.7. The Morgan fingerprint density at radius 3 is 2.77 bits per heavy atom. The standard InChI is InChI=1S/C21H19N5O4/c27-20(14-2-3-14)25-15-4-6-19(22-9-15)26-10-16(24-11-26)21(28)23-8-13-1-5-17-18(7-13)30-12-29-17/h1,4-7,9-11,14H,2-3,8,12H2,(H,23,28)(H,25,27). The molecule has 3 aromatic rings. The van der Waals surface area contributed by atoms with Gasteiger partial charge in [0.1, 0.15) is 17.8 Å². The number of hydrogen-bond acceptors (Lipinski definition) is 6. The minimum absolute atomic E-state index is 0.0357. The lowest BCUT2D eigenvalue weighted by molar-refractivity contribution is -0.117. The van der Waals surface area contributed by atoms with Crippen molar-refractivity contribution >= 4 is 17.5 Å². The Morgan fingerprint density at radius 2 is 1.97 bits per heavy atom. The predicted molar refractivity (Wildman–Crippen MR) is 106 cm³/mol. The van der Waals surface area contributed by atoms with Crippen LogP contribution >= 0.6 is 0 Å². The Kier molecular flexibility index (Phi) is 4.55. The summed E-state index contributed by atoms with van der Waals surface area (Å²) in [7, 11) is 0. The summed E-state index contributed by atoms with van der Waals surface area (Å²) < 4.78 is 12.3. The highest BCUT2D eigenvalue weighted by Gasteiger charge is 2.29. The van der Waals surface area contributed by atoms with E-state index in [2.05, 4.69) is 20.6 Å². The molecule has 2 amide bonds. The molecular formula is C21H19N5O4. The summed E-state index contributed by atoms with van der Waals surface area (Å²) in [5.41, 5.74) is 1.83. The zero-order valence-corrected chi connectivity index (χ0v) is 16.0. The number of nitrogens with one attached hydrogen (secondary N) is 2. The number of pyridine rings is 1. The van der Waals surface area contributed by atoms with E-state index in [1.807, 2.05) is 18.2 Å². The summed E-state index contributed by atoms with van der Waals surface area (Å²) in [6, 6.07) is 9.08. The number of nitrogens with zero attached hydrogens (tertiary/aromatic N) is 3. The number of anilines is 1. The lowest BCUT2D eigenvalue weighted by atomic mass is 10.2. The van der Waals surface area contributed by atoms with Gasteiger partial charge < -0.3 is 20.1 Å². The molecule has 0 bridgehead atoms. The van der Waals surface area contributed by atoms with E-state index < -0.39 is 0 Å². The van der Waals surface area contributed by atoms with Gasteiger partial charge in [-0.2, -0.15) is 0 Å². The third-order valence-electron chi connectivity index (χ3n) is 4.93. The molecule has 1 saturated carbocycles. The van der Waals surface area contributed by atoms with Crippen LogP contribution in [0.2, 0.25) is 0 Å². The lowest BCUT2D eigenvalue weighted by Crippen LogP contribution is -2.23. The fraction of sp³-hybridized carbons (Fsp3) is 0.238. The van der Waals surface area contributed by atoms with Crippen LogP contribution in [0.25, 0.3) is 5.82 Å². The number of ether oxygens (including phenoxy) is 2. The molecule has 1 aliphatic carbocycles. The Hall–Kier alpha value is -3.88. The predicted octanol–water partition coefficient (Wildman–Crippen LogP) is 2.27. The summed E-state index contributed by atoms with van der Waals surface area (Å²) in [6.07, 6.45) is 6.63. The Balaban J connectivity index is 1.20. The molecule has 2 N–H and O–H groups in total. The van der Waals surface area contributed by atoms with Gasteiger partial charge in [0.2, 0.25) is 12.7 Å². The van der Waals surface area contributed by atoms with Crippen LogP contribution in [0, 0.1) is 5.92 Å². The maximum atomic E-state index is 12.4. The maximum absolute atomic E-state index is 12.4. The van der Waals surface area contributed by atoms with Gasteiger partial charge in [-0.25, -0.2) is 9.97 Å². The van der Waals surface area contributed by atoms with Crippen molar-refractivity contribution in [3.8, 4) is 17.3 Å². The molecule has 9 nitrogen and oxygen atoms in total. The number of imidazole rings is 1. The largest absolute Gasteiger partial charge is 0.454 e. The summed E-state index contributed by atoms with van der Waals surface area (Å²) in [5, 5.41) is 5.69. The van der Waals surface area contributed by atoms with Crippen LogP contribution < -0.4 is 20.1 Å². The molecule has 1 fully saturated rings. The zero-order chi connectivity index (χ0) is 20.5. The van der Waals surface area contributed by atoms with Crippen LogP contribution in [0.3, 0.4) is 0 Å². The van der Waals surface area contributed by atoms with Gasteiger partial charge >= 0.3 is 0 Å². The average molecular weight is 405 g/mol. The summed E-state index contributed by atoms with van der Waals surface area (Å²) in [5.74, 6) is 1.86. The van der Waals surface area contributed by atoms with E-state index in [4.69, 9.17) is 9.47 Å². The van der Waals surface area contributed by atoms with E-state index in [9.17, 15) is 9.59 Å². The number of amides is 2. The van der Waals surface area contributed by atoms with E-state index in [1.54, 1.807) is 29.1 Å². The number of carbonyl (C=O) groups excluding carboxylic acids is 2. The van der Waals surface area contributed by atoms with Gasteiger partial charge in [0, 0.05) is 18.7 Å². The number of benzene rings is 1. The van der Waals surface area contributed by atoms with Crippen molar-refractivity contribution in [2.45, 2.75) is 19.4 Å². The SMILES string of the molecule is O=C(NCc1ccc2c(c1)OCO2)c1cn(-c2ccc(NC(=O)C3CC3)cn2)cn1. The summed E-state index contributed by atoms with van der Waals surface area (Å²) in [4.78, 5) is 32.7. The molecule has 0 unspecified atom stereocenters. The van der Waals surface area contributed by atoms with Gasteiger partial charge in [-0.15, -0.1) is 0 Å². The second kappa shape index (κ2) is 7.51. The van der Waals surface area contributed by atoms with Gasteiger partial charge in [-0.05, 0) is 42.7 Å². The van der Waals surface area contributed by atoms with Crippen molar-refractivity contribution in [2.75, 3.05) is 12.1 Å². The van der Waals surface area contributed by atoms with Gasteiger partial charge in [0.15, 0.2) is 11.5 Å². The first kappa shape index (κ1) is 18.2. The topological polar surface area (TPSA) is 107 Å². The third-order valence-corrected chi connectivity index (χ3v) is 4.93. The van der Waals surface area contributed by atoms with Crippen LogP contribution in [0.4, 0.5) is 5.69 Å². The molecule has 0 radical (unpaired) electrons. The van der Waals surface area contributed by atoms with Crippen LogP contribution in [0.5, 0.6) is 11.5 Å². The molecule has 2 aromatic heterocycles. The third kappa shape index (κ3) is 3.82. The van der Waals surface area contributed by atoms with Crippen molar-refractivity contribution in [2.24, 2.45) is 5.92 Å². The molecule has 0 spiro atoms. The highest BCUT2D eigenvalue weighted by Crippen LogP contribution is 2.32. The quantitative estimate of drug-likeness (QED) is 0.652. The van der Waals surface area contributed by atoms with Gasteiger partial charge in [0.05, 0.1) is 11.9 Å². The molecule has 30 heavy (non-hydrogen) atoms. The number of rotatable bonds is 6. The number of carbonyl (C=O) groups is 2. The van der Waals surface area contributed by atoms with E-state index in [-0.39, 0.29) is 30.2 Å².